The molecule has 0 aliphatic carbocycles. The Kier molecular flexibility index (Phi) is 4.17. The molecule has 1 aromatic carbocycles. The highest BCUT2D eigenvalue weighted by Crippen LogP contribution is 2.12. The van der Waals surface area contributed by atoms with Gasteiger partial charge in [-0.1, -0.05) is 42.8 Å². The first kappa shape index (κ1) is 10.8. The van der Waals surface area contributed by atoms with Crippen molar-refractivity contribution in [2.75, 3.05) is 0 Å². The molecule has 2 nitrogen and oxygen atoms in total. The average molecular weight is 191 g/mol. The molecule has 1 aromatic rings. The predicted octanol–water partition coefficient (Wildman–Crippen LogP) is 3.36. The predicted molar refractivity (Wildman–Crippen MR) is 59.0 cm³/mol. The van der Waals surface area contributed by atoms with Crippen LogP contribution in [0.2, 0.25) is 0 Å². The Morgan fingerprint density at radius 2 is 2.07 bits per heavy atom. The second-order valence-electron chi connectivity index (χ2n) is 3.47. The number of benzene rings is 1. The van der Waals surface area contributed by atoms with E-state index in [9.17, 15) is 0 Å². The van der Waals surface area contributed by atoms with E-state index in [4.69, 9.17) is 5.21 Å². The first-order valence-electron chi connectivity index (χ1n) is 5.06. The van der Waals surface area contributed by atoms with Crippen molar-refractivity contribution in [1.82, 2.24) is 0 Å². The van der Waals surface area contributed by atoms with E-state index in [0.29, 0.717) is 0 Å². The van der Waals surface area contributed by atoms with Gasteiger partial charge in [0.25, 0.3) is 0 Å². The highest BCUT2D eigenvalue weighted by Gasteiger charge is 2.05. The minimum atomic E-state index is 0.796. The van der Waals surface area contributed by atoms with Crippen LogP contribution in [0.3, 0.4) is 0 Å². The number of hydrogen-bond donors (Lipinski definition) is 1. The van der Waals surface area contributed by atoms with Crippen molar-refractivity contribution in [2.45, 2.75) is 33.1 Å². The zero-order chi connectivity index (χ0) is 10.4. The lowest BCUT2D eigenvalue weighted by atomic mass is 10.0. The van der Waals surface area contributed by atoms with Crippen LogP contribution in [0.15, 0.2) is 29.4 Å². The second kappa shape index (κ2) is 5.43. The molecule has 0 heterocycles. The molecule has 0 fully saturated rings. The van der Waals surface area contributed by atoms with Crippen molar-refractivity contribution in [3.05, 3.63) is 35.4 Å². The van der Waals surface area contributed by atoms with Gasteiger partial charge in [-0.2, -0.15) is 0 Å². The summed E-state index contributed by atoms with van der Waals surface area (Å²) in [6.07, 6.45) is 3.02. The van der Waals surface area contributed by atoms with Crippen molar-refractivity contribution in [3.63, 3.8) is 0 Å². The van der Waals surface area contributed by atoms with Gasteiger partial charge in [0.15, 0.2) is 0 Å². The Bertz CT molecular complexity index is 318. The van der Waals surface area contributed by atoms with Gasteiger partial charge in [0.2, 0.25) is 0 Å². The summed E-state index contributed by atoms with van der Waals surface area (Å²) < 4.78 is 0. The molecule has 0 spiro atoms. The number of aryl methyl sites for hydroxylation is 1. The molecule has 1 N–H and O–H groups in total. The highest BCUT2D eigenvalue weighted by atomic mass is 16.4. The summed E-state index contributed by atoms with van der Waals surface area (Å²) in [5.41, 5.74) is 3.02. The summed E-state index contributed by atoms with van der Waals surface area (Å²) in [5, 5.41) is 12.3. The summed E-state index contributed by atoms with van der Waals surface area (Å²) in [4.78, 5) is 0. The van der Waals surface area contributed by atoms with Gasteiger partial charge < -0.3 is 5.21 Å². The third-order valence-corrected chi connectivity index (χ3v) is 2.34. The van der Waals surface area contributed by atoms with Gasteiger partial charge in [0.05, 0.1) is 5.71 Å². The third-order valence-electron chi connectivity index (χ3n) is 2.34. The fraction of sp³-hybridized carbons (Fsp3) is 0.417. The molecule has 0 aliphatic rings. The molecule has 0 amide bonds. The number of unbranched alkanes of at least 4 members (excludes halogenated alkanes) is 1. The Labute approximate surface area is 85.3 Å². The Morgan fingerprint density at radius 3 is 2.64 bits per heavy atom. The molecular formula is C12H17NO. The smallest absolute Gasteiger partial charge is 0.0870 e. The van der Waals surface area contributed by atoms with Crippen LogP contribution in [0.5, 0.6) is 0 Å². The molecule has 76 valence electrons. The van der Waals surface area contributed by atoms with Gasteiger partial charge in [-0.15, -0.1) is 0 Å². The van der Waals surface area contributed by atoms with E-state index in [1.807, 2.05) is 31.2 Å². The lowest BCUT2D eigenvalue weighted by Gasteiger charge is -2.06. The van der Waals surface area contributed by atoms with Gasteiger partial charge in [-0.3, -0.25) is 0 Å². The lowest BCUT2D eigenvalue weighted by Crippen LogP contribution is -2.03. The third kappa shape index (κ3) is 2.59. The highest BCUT2D eigenvalue weighted by molar-refractivity contribution is 6.01. The zero-order valence-corrected chi connectivity index (χ0v) is 8.83. The molecule has 14 heavy (non-hydrogen) atoms. The zero-order valence-electron chi connectivity index (χ0n) is 8.83. The first-order valence-corrected chi connectivity index (χ1v) is 5.06. The fourth-order valence-corrected chi connectivity index (χ4v) is 1.48. The molecule has 0 radical (unpaired) electrons. The Hall–Kier alpha value is -1.31. The van der Waals surface area contributed by atoms with Crippen LogP contribution in [0.25, 0.3) is 0 Å². The summed E-state index contributed by atoms with van der Waals surface area (Å²) in [5.74, 6) is 0. The Morgan fingerprint density at radius 1 is 1.36 bits per heavy atom. The maximum atomic E-state index is 8.92. The van der Waals surface area contributed by atoms with Crippen LogP contribution in [-0.4, -0.2) is 10.9 Å². The van der Waals surface area contributed by atoms with Crippen molar-refractivity contribution >= 4 is 5.71 Å². The molecule has 0 aromatic heterocycles. The summed E-state index contributed by atoms with van der Waals surface area (Å²) in [6.45, 7) is 4.17. The molecule has 0 saturated heterocycles. The van der Waals surface area contributed by atoms with E-state index in [1.165, 1.54) is 0 Å². The molecule has 0 bridgehead atoms. The topological polar surface area (TPSA) is 32.6 Å². The largest absolute Gasteiger partial charge is 0.411 e. The lowest BCUT2D eigenvalue weighted by molar-refractivity contribution is 0.317. The van der Waals surface area contributed by atoms with Crippen LogP contribution < -0.4 is 0 Å². The first-order chi connectivity index (χ1) is 6.79. The van der Waals surface area contributed by atoms with Crippen LogP contribution in [0.1, 0.15) is 37.3 Å². The van der Waals surface area contributed by atoms with E-state index >= 15 is 0 Å². The summed E-state index contributed by atoms with van der Waals surface area (Å²) in [7, 11) is 0. The van der Waals surface area contributed by atoms with Crippen molar-refractivity contribution in [1.29, 1.82) is 0 Å². The maximum Gasteiger partial charge on any atom is 0.0870 e. The Balaban J connectivity index is 2.85. The SMILES string of the molecule is CCCC/C(=N\O)c1ccccc1C. The van der Waals surface area contributed by atoms with Gasteiger partial charge in [-0.05, 0) is 25.3 Å². The molecule has 1 rings (SSSR count). The van der Waals surface area contributed by atoms with Crippen LogP contribution >= 0.6 is 0 Å². The van der Waals surface area contributed by atoms with Crippen molar-refractivity contribution in [3.8, 4) is 0 Å². The second-order valence-corrected chi connectivity index (χ2v) is 3.47. The minimum Gasteiger partial charge on any atom is -0.411 e. The maximum absolute atomic E-state index is 8.92. The van der Waals surface area contributed by atoms with Gasteiger partial charge in [0.1, 0.15) is 0 Å². The molecule has 2 heteroatoms. The number of hydrogen-bond acceptors (Lipinski definition) is 2. The summed E-state index contributed by atoms with van der Waals surface area (Å²) >= 11 is 0. The molecule has 0 atom stereocenters. The number of rotatable bonds is 4. The minimum absolute atomic E-state index is 0.796. The van der Waals surface area contributed by atoms with E-state index in [2.05, 4.69) is 12.1 Å². The van der Waals surface area contributed by atoms with Crippen LogP contribution in [-0.2, 0) is 0 Å². The number of nitrogens with zero attached hydrogens (tertiary/aromatic N) is 1. The monoisotopic (exact) mass is 191 g/mol. The molecule has 0 unspecified atom stereocenters. The van der Waals surface area contributed by atoms with E-state index in [0.717, 1.165) is 36.1 Å². The van der Waals surface area contributed by atoms with Crippen molar-refractivity contribution < 1.29 is 5.21 Å². The average Bonchev–Trinajstić information content (AvgIpc) is 2.21. The van der Waals surface area contributed by atoms with Gasteiger partial charge in [-0.25, -0.2) is 0 Å². The quantitative estimate of drug-likeness (QED) is 0.442. The number of oxime groups is 1. The molecule has 0 aliphatic heterocycles. The van der Waals surface area contributed by atoms with E-state index < -0.39 is 0 Å². The standard InChI is InChI=1S/C12H17NO/c1-3-4-9-12(13-14)11-8-6-5-7-10(11)2/h5-8,14H,3-4,9H2,1-2H3/b13-12+. The molecular weight excluding hydrogens is 174 g/mol. The van der Waals surface area contributed by atoms with Crippen LogP contribution in [0, 0.1) is 6.92 Å². The fourth-order valence-electron chi connectivity index (χ4n) is 1.48. The van der Waals surface area contributed by atoms with Gasteiger partial charge >= 0.3 is 0 Å². The van der Waals surface area contributed by atoms with Crippen molar-refractivity contribution in [2.24, 2.45) is 5.16 Å². The summed E-state index contributed by atoms with van der Waals surface area (Å²) in [6, 6.07) is 8.00. The van der Waals surface area contributed by atoms with Gasteiger partial charge in [0, 0.05) is 5.56 Å². The normalized spacial score (nSPS) is 11.7. The van der Waals surface area contributed by atoms with Crippen LogP contribution in [0.4, 0.5) is 0 Å². The van der Waals surface area contributed by atoms with E-state index in [1.54, 1.807) is 0 Å². The molecule has 0 saturated carbocycles. The van der Waals surface area contributed by atoms with E-state index in [-0.39, 0.29) is 0 Å².